The topological polar surface area (TPSA) is 122 Å². The highest BCUT2D eigenvalue weighted by molar-refractivity contribution is 5.98. The fraction of sp³-hybridized carbons (Fsp3) is 0.200. The Bertz CT molecular complexity index is 1770. The molecule has 1 N–H and O–H groups in total. The molecular weight excluding hydrogens is 526 g/mol. The van der Waals surface area contributed by atoms with Gasteiger partial charge in [0.15, 0.2) is 29.6 Å². The molecule has 0 radical (unpaired) electrons. The van der Waals surface area contributed by atoms with E-state index in [9.17, 15) is 5.11 Å². The Morgan fingerprint density at radius 1 is 0.976 bits per heavy atom. The van der Waals surface area contributed by atoms with Crippen molar-refractivity contribution in [1.82, 2.24) is 19.6 Å². The molecule has 1 aliphatic rings. The van der Waals surface area contributed by atoms with Gasteiger partial charge in [0.1, 0.15) is 23.6 Å². The zero-order valence-corrected chi connectivity index (χ0v) is 22.9. The molecule has 11 heteroatoms. The van der Waals surface area contributed by atoms with Crippen molar-refractivity contribution >= 4 is 11.4 Å². The highest BCUT2D eigenvalue weighted by atomic mass is 16.6. The summed E-state index contributed by atoms with van der Waals surface area (Å²) >= 11 is 0. The smallest absolute Gasteiger partial charge is 0.228 e. The Hall–Kier alpha value is -5.32. The summed E-state index contributed by atoms with van der Waals surface area (Å²) in [5.74, 6) is 2.99. The number of methoxy groups -OCH3 is 3. The summed E-state index contributed by atoms with van der Waals surface area (Å²) in [4.78, 5) is 14.9. The third-order valence-electron chi connectivity index (χ3n) is 6.88. The number of aromatic nitrogens is 4. The molecule has 6 rings (SSSR count). The van der Waals surface area contributed by atoms with Crippen LogP contribution in [-0.2, 0) is 11.4 Å². The van der Waals surface area contributed by atoms with Crippen LogP contribution in [0.5, 0.6) is 34.6 Å². The fourth-order valence-corrected chi connectivity index (χ4v) is 4.86. The van der Waals surface area contributed by atoms with Crippen LogP contribution in [0.25, 0.3) is 5.65 Å². The van der Waals surface area contributed by atoms with Crippen LogP contribution in [0.1, 0.15) is 40.9 Å². The lowest BCUT2D eigenvalue weighted by molar-refractivity contribution is 0.125. The van der Waals surface area contributed by atoms with Crippen molar-refractivity contribution in [1.29, 1.82) is 0 Å². The highest BCUT2D eigenvalue weighted by Gasteiger charge is 2.34. The second-order valence-corrected chi connectivity index (χ2v) is 9.31. The molecule has 0 saturated heterocycles. The monoisotopic (exact) mass is 553 g/mol. The van der Waals surface area contributed by atoms with Gasteiger partial charge in [0, 0.05) is 17.5 Å². The molecule has 0 saturated carbocycles. The molecule has 0 spiro atoms. The number of rotatable bonds is 8. The van der Waals surface area contributed by atoms with Crippen molar-refractivity contribution in [2.24, 2.45) is 5.16 Å². The molecule has 0 fully saturated rings. The van der Waals surface area contributed by atoms with E-state index in [-0.39, 0.29) is 18.3 Å². The lowest BCUT2D eigenvalue weighted by Gasteiger charge is -2.28. The van der Waals surface area contributed by atoms with Crippen LogP contribution in [0.4, 0.5) is 0 Å². The van der Waals surface area contributed by atoms with Crippen LogP contribution < -0.4 is 18.9 Å². The lowest BCUT2D eigenvalue weighted by Crippen LogP contribution is -2.15. The average molecular weight is 554 g/mol. The maximum absolute atomic E-state index is 10.1. The van der Waals surface area contributed by atoms with Crippen molar-refractivity contribution in [2.75, 3.05) is 21.3 Å². The molecule has 208 valence electrons. The molecule has 1 aliphatic heterocycles. The minimum absolute atomic E-state index is 0.0519. The number of fused-ring (bicyclic) bond motifs is 4. The molecule has 0 amide bonds. The first-order valence-corrected chi connectivity index (χ1v) is 12.8. The largest absolute Gasteiger partial charge is 0.508 e. The molecule has 5 aromatic rings. The first kappa shape index (κ1) is 25.9. The summed E-state index contributed by atoms with van der Waals surface area (Å²) in [6, 6.07) is 18.3. The highest BCUT2D eigenvalue weighted by Crippen LogP contribution is 2.49. The maximum atomic E-state index is 10.1. The first-order valence-electron chi connectivity index (χ1n) is 12.8. The van der Waals surface area contributed by atoms with E-state index >= 15 is 0 Å². The van der Waals surface area contributed by atoms with E-state index in [4.69, 9.17) is 28.8 Å². The van der Waals surface area contributed by atoms with Crippen LogP contribution in [0.15, 0.2) is 72.1 Å². The summed E-state index contributed by atoms with van der Waals surface area (Å²) in [6.45, 7) is 1.91. The normalized spacial score (nSPS) is 14.1. The van der Waals surface area contributed by atoms with E-state index in [1.54, 1.807) is 38.0 Å². The number of hydrogen-bond acceptors (Lipinski definition) is 10. The van der Waals surface area contributed by atoms with E-state index in [1.165, 1.54) is 6.33 Å². The fourth-order valence-electron chi connectivity index (χ4n) is 4.86. The molecule has 3 heterocycles. The Morgan fingerprint density at radius 3 is 2.54 bits per heavy atom. The molecule has 2 aromatic heterocycles. The number of phenols is 1. The SMILES string of the molecule is COc1ccc(/C(C)=N/OCc2nc3c4c(ncn3n2)Oc2cc(O)ccc2C4c2ccc(OC)c(OC)c2)cc1. The molecule has 1 atom stereocenters. The van der Waals surface area contributed by atoms with Crippen LogP contribution in [0.3, 0.4) is 0 Å². The zero-order chi connectivity index (χ0) is 28.5. The minimum Gasteiger partial charge on any atom is -0.508 e. The summed E-state index contributed by atoms with van der Waals surface area (Å²) in [6.07, 6.45) is 1.54. The van der Waals surface area contributed by atoms with Gasteiger partial charge in [-0.25, -0.2) is 14.5 Å². The van der Waals surface area contributed by atoms with Gasteiger partial charge >= 0.3 is 0 Å². The number of ether oxygens (including phenoxy) is 4. The van der Waals surface area contributed by atoms with E-state index < -0.39 is 0 Å². The molecule has 0 bridgehead atoms. The van der Waals surface area contributed by atoms with Crippen molar-refractivity contribution in [3.8, 4) is 34.6 Å². The molecule has 3 aromatic carbocycles. The number of aromatic hydroxyl groups is 1. The third-order valence-corrected chi connectivity index (χ3v) is 6.88. The second kappa shape index (κ2) is 10.7. The first-order chi connectivity index (χ1) is 20.0. The molecular formula is C30H27N5O6. The Balaban J connectivity index is 1.37. The summed E-state index contributed by atoms with van der Waals surface area (Å²) in [5.41, 5.74) is 4.62. The number of hydrogen-bond donors (Lipinski definition) is 1. The van der Waals surface area contributed by atoms with Crippen molar-refractivity contribution in [2.45, 2.75) is 19.4 Å². The average Bonchev–Trinajstić information content (AvgIpc) is 3.42. The number of benzene rings is 3. The zero-order valence-electron chi connectivity index (χ0n) is 22.9. The van der Waals surface area contributed by atoms with Crippen LogP contribution >= 0.6 is 0 Å². The van der Waals surface area contributed by atoms with E-state index in [2.05, 4.69) is 15.2 Å². The molecule has 0 aliphatic carbocycles. The van der Waals surface area contributed by atoms with E-state index in [1.807, 2.05) is 55.5 Å². The van der Waals surface area contributed by atoms with Gasteiger partial charge in [-0.15, -0.1) is 5.10 Å². The van der Waals surface area contributed by atoms with Gasteiger partial charge in [-0.3, -0.25) is 0 Å². The molecule has 11 nitrogen and oxygen atoms in total. The molecule has 1 unspecified atom stereocenters. The van der Waals surface area contributed by atoms with Gasteiger partial charge < -0.3 is 28.9 Å². The van der Waals surface area contributed by atoms with Crippen molar-refractivity contribution in [3.05, 3.63) is 95.1 Å². The third kappa shape index (κ3) is 4.82. The summed E-state index contributed by atoms with van der Waals surface area (Å²) in [7, 11) is 4.81. The van der Waals surface area contributed by atoms with Gasteiger partial charge in [0.2, 0.25) is 5.88 Å². The quantitative estimate of drug-likeness (QED) is 0.203. The lowest BCUT2D eigenvalue weighted by atomic mass is 9.83. The predicted molar refractivity (Wildman–Crippen MR) is 149 cm³/mol. The minimum atomic E-state index is -0.348. The number of oxime groups is 1. The standard InChI is InChI=1S/C30H27N5O6/c1-17(18-5-9-21(37-2)10-6-18)34-40-15-26-32-29-28-27(19-7-12-23(38-3)25(13-19)39-4)22-11-8-20(36)14-24(22)41-30(28)31-16-35(29)33-26/h5-14,16,27,36H,15H2,1-4H3/b34-17+. The van der Waals surface area contributed by atoms with Gasteiger partial charge in [0.25, 0.3) is 0 Å². The Kier molecular flexibility index (Phi) is 6.76. The predicted octanol–water partition coefficient (Wildman–Crippen LogP) is 5.08. The van der Waals surface area contributed by atoms with Crippen LogP contribution in [-0.4, -0.2) is 51.7 Å². The van der Waals surface area contributed by atoms with Crippen LogP contribution in [0.2, 0.25) is 0 Å². The Labute approximate surface area is 235 Å². The van der Waals surface area contributed by atoms with E-state index in [0.29, 0.717) is 40.3 Å². The number of nitrogens with zero attached hydrogens (tertiary/aromatic N) is 5. The van der Waals surface area contributed by atoms with Crippen molar-refractivity contribution < 1.29 is 28.9 Å². The van der Waals surface area contributed by atoms with Gasteiger partial charge in [-0.05, 0) is 60.5 Å². The van der Waals surface area contributed by atoms with Gasteiger partial charge in [-0.2, -0.15) is 0 Å². The maximum Gasteiger partial charge on any atom is 0.228 e. The van der Waals surface area contributed by atoms with Crippen LogP contribution in [0, 0.1) is 0 Å². The number of phenolic OH excluding ortho intramolecular Hbond substituents is 1. The molecule has 41 heavy (non-hydrogen) atoms. The summed E-state index contributed by atoms with van der Waals surface area (Å²) < 4.78 is 24.0. The van der Waals surface area contributed by atoms with E-state index in [0.717, 1.165) is 28.0 Å². The summed E-state index contributed by atoms with van der Waals surface area (Å²) in [5, 5.41) is 18.9. The van der Waals surface area contributed by atoms with Crippen molar-refractivity contribution in [3.63, 3.8) is 0 Å². The Morgan fingerprint density at radius 2 is 1.78 bits per heavy atom. The van der Waals surface area contributed by atoms with Gasteiger partial charge in [-0.1, -0.05) is 17.3 Å². The second-order valence-electron chi connectivity index (χ2n) is 9.31. The van der Waals surface area contributed by atoms with Gasteiger partial charge in [0.05, 0.1) is 32.6 Å².